The normalized spacial score (nSPS) is 28.8. The average Bonchev–Trinajstić information content (AvgIpc) is 2.56. The topological polar surface area (TPSA) is 138 Å². The van der Waals surface area contributed by atoms with Gasteiger partial charge in [0, 0.05) is 13.2 Å². The van der Waals surface area contributed by atoms with Crippen LogP contribution in [0.5, 0.6) is 5.75 Å². The summed E-state index contributed by atoms with van der Waals surface area (Å²) in [6, 6.07) is 5.25. The molecule has 1 aromatic rings. The van der Waals surface area contributed by atoms with Gasteiger partial charge in [-0.05, 0) is 31.5 Å². The number of aliphatic hydroxyl groups excluding tert-OH is 3. The van der Waals surface area contributed by atoms with E-state index in [4.69, 9.17) is 19.3 Å². The Hall–Kier alpha value is -1.91. The average molecular weight is 371 g/mol. The van der Waals surface area contributed by atoms with Crippen LogP contribution in [-0.4, -0.2) is 70.3 Å². The second-order valence-electron chi connectivity index (χ2n) is 6.42. The van der Waals surface area contributed by atoms with E-state index in [1.54, 1.807) is 25.3 Å². The van der Waals surface area contributed by atoms with Crippen LogP contribution in [0.2, 0.25) is 0 Å². The third-order valence-electron chi connectivity index (χ3n) is 3.86. The van der Waals surface area contributed by atoms with E-state index in [2.05, 4.69) is 5.32 Å². The number of aliphatic carboxylic acids is 1. The van der Waals surface area contributed by atoms with Gasteiger partial charge in [0.2, 0.25) is 6.29 Å². The molecule has 0 unspecified atom stereocenters. The first-order chi connectivity index (χ1) is 12.2. The molecule has 26 heavy (non-hydrogen) atoms. The summed E-state index contributed by atoms with van der Waals surface area (Å²) in [6.07, 6.45) is -8.28. The Morgan fingerprint density at radius 3 is 2.50 bits per heavy atom. The smallest absolute Gasteiger partial charge is 0.335 e. The highest BCUT2D eigenvalue weighted by Crippen LogP contribution is 2.31. The van der Waals surface area contributed by atoms with Crippen LogP contribution in [0, 0.1) is 0 Å². The number of rotatable bonds is 7. The highest BCUT2D eigenvalue weighted by molar-refractivity contribution is 5.73. The summed E-state index contributed by atoms with van der Waals surface area (Å²) in [5, 5.41) is 42.0. The van der Waals surface area contributed by atoms with Crippen LogP contribution in [0.25, 0.3) is 0 Å². The molecule has 0 spiro atoms. The van der Waals surface area contributed by atoms with Gasteiger partial charge in [-0.1, -0.05) is 6.07 Å². The van der Waals surface area contributed by atoms with Crippen molar-refractivity contribution in [3.05, 3.63) is 23.8 Å². The number of hydrogen-bond donors (Lipinski definition) is 5. The molecule has 1 aliphatic rings. The lowest BCUT2D eigenvalue weighted by atomic mass is 9.99. The molecule has 0 amide bonds. The van der Waals surface area contributed by atoms with Crippen molar-refractivity contribution in [3.8, 4) is 5.75 Å². The summed E-state index contributed by atoms with van der Waals surface area (Å²) in [6.45, 7) is 4.25. The number of methoxy groups -OCH3 is 1. The number of nitrogens with one attached hydrogen (secondary N) is 1. The number of carboxylic acids is 1. The van der Waals surface area contributed by atoms with Crippen LogP contribution in [0.1, 0.15) is 19.4 Å². The molecule has 0 aliphatic carbocycles. The third kappa shape index (κ3) is 4.63. The van der Waals surface area contributed by atoms with Crippen molar-refractivity contribution in [2.75, 3.05) is 12.4 Å². The third-order valence-corrected chi connectivity index (χ3v) is 3.86. The Bertz CT molecular complexity index is 623. The lowest BCUT2D eigenvalue weighted by Gasteiger charge is -2.38. The van der Waals surface area contributed by atoms with Gasteiger partial charge >= 0.3 is 5.97 Å². The molecule has 1 aliphatic heterocycles. The van der Waals surface area contributed by atoms with Gasteiger partial charge in [-0.2, -0.15) is 0 Å². The van der Waals surface area contributed by atoms with E-state index in [0.717, 1.165) is 5.56 Å². The SMILES string of the molecule is COCc1ccc(O[C@@H]2O[C@H](C(=O)O)[C@@H](O)[C@H](O)[C@H]2O)c(NC(C)C)c1. The van der Waals surface area contributed by atoms with Crippen LogP contribution in [0.3, 0.4) is 0 Å². The predicted molar refractivity (Wildman–Crippen MR) is 90.9 cm³/mol. The van der Waals surface area contributed by atoms with E-state index in [-0.39, 0.29) is 6.04 Å². The van der Waals surface area contributed by atoms with Crippen LogP contribution in [-0.2, 0) is 20.9 Å². The highest BCUT2D eigenvalue weighted by atomic mass is 16.7. The zero-order chi connectivity index (χ0) is 19.4. The van der Waals surface area contributed by atoms with E-state index in [9.17, 15) is 20.1 Å². The molecule has 1 fully saturated rings. The minimum Gasteiger partial charge on any atom is -0.479 e. The summed E-state index contributed by atoms with van der Waals surface area (Å²) >= 11 is 0. The number of hydrogen-bond acceptors (Lipinski definition) is 8. The van der Waals surface area contributed by atoms with Crippen molar-refractivity contribution in [2.24, 2.45) is 0 Å². The standard InChI is InChI=1S/C17H25NO8/c1-8(2)18-10-6-9(7-24-3)4-5-11(10)25-17-14(21)12(19)13(20)15(26-17)16(22)23/h4-6,8,12-15,17-21H,7H2,1-3H3,(H,22,23)/t12-,13-,14+,15-,17+/m0/s1. The van der Waals surface area contributed by atoms with Gasteiger partial charge in [-0.3, -0.25) is 0 Å². The van der Waals surface area contributed by atoms with Crippen molar-refractivity contribution in [1.29, 1.82) is 0 Å². The Morgan fingerprint density at radius 1 is 1.23 bits per heavy atom. The van der Waals surface area contributed by atoms with Gasteiger partial charge < -0.3 is 40.0 Å². The largest absolute Gasteiger partial charge is 0.479 e. The fourth-order valence-corrected chi connectivity index (χ4v) is 2.63. The minimum atomic E-state index is -1.76. The summed E-state index contributed by atoms with van der Waals surface area (Å²) in [5.74, 6) is -1.16. The van der Waals surface area contributed by atoms with Gasteiger partial charge in [-0.15, -0.1) is 0 Å². The zero-order valence-corrected chi connectivity index (χ0v) is 14.8. The maximum atomic E-state index is 11.2. The van der Waals surface area contributed by atoms with Crippen molar-refractivity contribution < 1.29 is 39.4 Å². The van der Waals surface area contributed by atoms with Gasteiger partial charge in [-0.25, -0.2) is 4.79 Å². The van der Waals surface area contributed by atoms with E-state index < -0.39 is 36.7 Å². The Balaban J connectivity index is 2.26. The minimum absolute atomic E-state index is 0.0755. The fourth-order valence-electron chi connectivity index (χ4n) is 2.63. The van der Waals surface area contributed by atoms with Crippen LogP contribution >= 0.6 is 0 Å². The summed E-state index contributed by atoms with van der Waals surface area (Å²) < 4.78 is 15.9. The molecule has 1 saturated heterocycles. The van der Waals surface area contributed by atoms with Gasteiger partial charge in [0.15, 0.2) is 6.10 Å². The van der Waals surface area contributed by atoms with Crippen molar-refractivity contribution in [2.45, 2.75) is 57.2 Å². The number of carboxylic acid groups (broad SMARTS) is 1. The molecule has 1 aromatic carbocycles. The quantitative estimate of drug-likeness (QED) is 0.446. The molecule has 9 heteroatoms. The summed E-state index contributed by atoms with van der Waals surface area (Å²) in [5.41, 5.74) is 1.48. The second kappa shape index (κ2) is 8.65. The first-order valence-electron chi connectivity index (χ1n) is 8.22. The molecule has 5 N–H and O–H groups in total. The molecule has 146 valence electrons. The van der Waals surface area contributed by atoms with Crippen molar-refractivity contribution in [1.82, 2.24) is 0 Å². The molecule has 0 aromatic heterocycles. The van der Waals surface area contributed by atoms with E-state index >= 15 is 0 Å². The van der Waals surface area contributed by atoms with Gasteiger partial charge in [0.05, 0.1) is 12.3 Å². The molecular formula is C17H25NO8. The zero-order valence-electron chi connectivity index (χ0n) is 14.8. The number of ether oxygens (including phenoxy) is 3. The molecule has 1 heterocycles. The summed E-state index contributed by atoms with van der Waals surface area (Å²) in [4.78, 5) is 11.2. The molecule has 0 saturated carbocycles. The van der Waals surface area contributed by atoms with Crippen LogP contribution in [0.4, 0.5) is 5.69 Å². The Morgan fingerprint density at radius 2 is 1.92 bits per heavy atom. The molecule has 0 radical (unpaired) electrons. The number of aliphatic hydroxyl groups is 3. The predicted octanol–water partition coefficient (Wildman–Crippen LogP) is -0.0757. The van der Waals surface area contributed by atoms with E-state index in [1.165, 1.54) is 0 Å². The summed E-state index contributed by atoms with van der Waals surface area (Å²) in [7, 11) is 1.57. The van der Waals surface area contributed by atoms with Gasteiger partial charge in [0.1, 0.15) is 24.1 Å². The van der Waals surface area contributed by atoms with E-state index in [1.807, 2.05) is 13.8 Å². The Labute approximate surface area is 151 Å². The molecule has 5 atom stereocenters. The second-order valence-corrected chi connectivity index (χ2v) is 6.42. The molecular weight excluding hydrogens is 346 g/mol. The first kappa shape index (κ1) is 20.4. The monoisotopic (exact) mass is 371 g/mol. The van der Waals surface area contributed by atoms with Crippen LogP contribution in [0.15, 0.2) is 18.2 Å². The lowest BCUT2D eigenvalue weighted by molar-refractivity contribution is -0.271. The molecule has 9 nitrogen and oxygen atoms in total. The fraction of sp³-hybridized carbons (Fsp3) is 0.588. The Kier molecular flexibility index (Phi) is 6.79. The first-order valence-corrected chi connectivity index (χ1v) is 8.22. The maximum absolute atomic E-state index is 11.2. The molecule has 2 rings (SSSR count). The number of anilines is 1. The molecule has 0 bridgehead atoms. The maximum Gasteiger partial charge on any atom is 0.335 e. The van der Waals surface area contributed by atoms with Crippen LogP contribution < -0.4 is 10.1 Å². The van der Waals surface area contributed by atoms with Gasteiger partial charge in [0.25, 0.3) is 0 Å². The van der Waals surface area contributed by atoms with Crippen molar-refractivity contribution >= 4 is 11.7 Å². The lowest BCUT2D eigenvalue weighted by Crippen LogP contribution is -2.61. The number of carbonyl (C=O) groups is 1. The number of benzene rings is 1. The highest BCUT2D eigenvalue weighted by Gasteiger charge is 2.48. The van der Waals surface area contributed by atoms with Crippen molar-refractivity contribution in [3.63, 3.8) is 0 Å². The van der Waals surface area contributed by atoms with E-state index in [0.29, 0.717) is 18.0 Å².